The average Bonchev–Trinajstić information content (AvgIpc) is 3.16. The van der Waals surface area contributed by atoms with Crippen molar-refractivity contribution >= 4 is 16.9 Å². The van der Waals surface area contributed by atoms with Crippen molar-refractivity contribution in [1.82, 2.24) is 4.57 Å². The van der Waals surface area contributed by atoms with E-state index in [0.29, 0.717) is 46.6 Å². The molecule has 5 nitrogen and oxygen atoms in total. The van der Waals surface area contributed by atoms with Gasteiger partial charge in [0.2, 0.25) is 0 Å². The average molecular weight is 463 g/mol. The maximum atomic E-state index is 14.5. The van der Waals surface area contributed by atoms with Crippen LogP contribution in [-0.4, -0.2) is 34.0 Å². The number of aromatic nitrogens is 1. The monoisotopic (exact) mass is 463 g/mol. The number of benzene rings is 3. The minimum atomic E-state index is -1.04. The molecule has 1 saturated heterocycles. The van der Waals surface area contributed by atoms with Crippen LogP contribution in [0.25, 0.3) is 27.8 Å². The number of hydrogen-bond donors (Lipinski definition) is 2. The molecule has 1 aliphatic heterocycles. The van der Waals surface area contributed by atoms with Gasteiger partial charge in [0.05, 0.1) is 23.4 Å². The fraction of sp³-hybridized carbons (Fsp3) is 0.222. The summed E-state index contributed by atoms with van der Waals surface area (Å²) in [5, 5.41) is 20.7. The van der Waals surface area contributed by atoms with Gasteiger partial charge in [-0.1, -0.05) is 12.1 Å². The third-order valence-corrected chi connectivity index (χ3v) is 6.42. The number of aryl methyl sites for hydroxylation is 1. The van der Waals surface area contributed by atoms with Gasteiger partial charge in [-0.05, 0) is 72.9 Å². The molecule has 1 fully saturated rings. The number of carboxylic acid groups (broad SMARTS) is 1. The summed E-state index contributed by atoms with van der Waals surface area (Å²) in [5.74, 6) is -2.24. The first kappa shape index (κ1) is 22.1. The van der Waals surface area contributed by atoms with Gasteiger partial charge in [0.1, 0.15) is 17.4 Å². The molecule has 1 atom stereocenters. The number of aromatic hydroxyl groups is 1. The van der Waals surface area contributed by atoms with E-state index in [2.05, 4.69) is 0 Å². The van der Waals surface area contributed by atoms with Crippen LogP contribution in [0.3, 0.4) is 0 Å². The molecule has 174 valence electrons. The summed E-state index contributed by atoms with van der Waals surface area (Å²) < 4.78 is 36.2. The lowest BCUT2D eigenvalue weighted by Gasteiger charge is -2.24. The lowest BCUT2D eigenvalue weighted by molar-refractivity contribution is 0.0697. The Morgan fingerprint density at radius 2 is 1.85 bits per heavy atom. The molecule has 0 bridgehead atoms. The van der Waals surface area contributed by atoms with Crippen molar-refractivity contribution in [2.75, 3.05) is 13.2 Å². The predicted octanol–water partition coefficient (Wildman–Crippen LogP) is 6.18. The van der Waals surface area contributed by atoms with Crippen LogP contribution >= 0.6 is 0 Å². The summed E-state index contributed by atoms with van der Waals surface area (Å²) in [6.45, 7) is 2.74. The van der Waals surface area contributed by atoms with Crippen molar-refractivity contribution in [3.05, 3.63) is 82.9 Å². The Morgan fingerprint density at radius 3 is 2.50 bits per heavy atom. The zero-order valence-corrected chi connectivity index (χ0v) is 18.5. The van der Waals surface area contributed by atoms with Crippen LogP contribution in [0.2, 0.25) is 0 Å². The smallest absolute Gasteiger partial charge is 0.335 e. The van der Waals surface area contributed by atoms with Crippen LogP contribution in [-0.2, 0) is 4.74 Å². The van der Waals surface area contributed by atoms with Gasteiger partial charge in [-0.25, -0.2) is 13.6 Å². The number of aromatic carboxylic acids is 1. The zero-order chi connectivity index (χ0) is 24.0. The molecule has 7 heteroatoms. The van der Waals surface area contributed by atoms with Crippen LogP contribution in [0, 0.1) is 18.6 Å². The molecule has 0 radical (unpaired) electrons. The maximum Gasteiger partial charge on any atom is 0.335 e. The molecule has 34 heavy (non-hydrogen) atoms. The van der Waals surface area contributed by atoms with Gasteiger partial charge in [0, 0.05) is 29.7 Å². The first-order chi connectivity index (χ1) is 16.3. The summed E-state index contributed by atoms with van der Waals surface area (Å²) in [5.41, 5.74) is 3.81. The molecule has 0 amide bonds. The highest BCUT2D eigenvalue weighted by molar-refractivity contribution is 5.98. The molecular weight excluding hydrogens is 440 g/mol. The first-order valence-corrected chi connectivity index (χ1v) is 11.1. The summed E-state index contributed by atoms with van der Waals surface area (Å²) in [4.78, 5) is 11.4. The van der Waals surface area contributed by atoms with Gasteiger partial charge < -0.3 is 19.5 Å². The molecular formula is C27H23F2NO4. The molecule has 1 unspecified atom stereocenters. The minimum absolute atomic E-state index is 0.0652. The fourth-order valence-electron chi connectivity index (χ4n) is 4.85. The third kappa shape index (κ3) is 3.72. The Morgan fingerprint density at radius 1 is 1.09 bits per heavy atom. The summed E-state index contributed by atoms with van der Waals surface area (Å²) >= 11 is 0. The summed E-state index contributed by atoms with van der Waals surface area (Å²) in [7, 11) is 0. The summed E-state index contributed by atoms with van der Waals surface area (Å²) in [6, 6.07) is 13.5. The number of phenols is 1. The van der Waals surface area contributed by atoms with Crippen molar-refractivity contribution in [1.29, 1.82) is 0 Å². The van der Waals surface area contributed by atoms with E-state index < -0.39 is 11.8 Å². The maximum absolute atomic E-state index is 14.5. The number of fused-ring (bicyclic) bond motifs is 1. The fourth-order valence-corrected chi connectivity index (χ4v) is 4.85. The third-order valence-electron chi connectivity index (χ3n) is 6.42. The molecule has 4 aromatic rings. The summed E-state index contributed by atoms with van der Waals surface area (Å²) in [6.07, 6.45) is 1.66. The topological polar surface area (TPSA) is 71.7 Å². The Kier molecular flexibility index (Phi) is 5.57. The quantitative estimate of drug-likeness (QED) is 0.379. The van der Waals surface area contributed by atoms with E-state index in [1.54, 1.807) is 31.2 Å². The number of ether oxygens (including phenoxy) is 1. The molecule has 2 heterocycles. The lowest BCUT2D eigenvalue weighted by atomic mass is 9.89. The van der Waals surface area contributed by atoms with Gasteiger partial charge in [-0.15, -0.1) is 0 Å². The van der Waals surface area contributed by atoms with E-state index in [1.165, 1.54) is 24.3 Å². The predicted molar refractivity (Wildman–Crippen MR) is 125 cm³/mol. The van der Waals surface area contributed by atoms with Gasteiger partial charge >= 0.3 is 5.97 Å². The molecule has 1 aromatic heterocycles. The highest BCUT2D eigenvalue weighted by Crippen LogP contribution is 2.46. The molecule has 2 N–H and O–H groups in total. The number of rotatable bonds is 4. The van der Waals surface area contributed by atoms with Gasteiger partial charge in [-0.3, -0.25) is 0 Å². The highest BCUT2D eigenvalue weighted by atomic mass is 19.1. The van der Waals surface area contributed by atoms with Crippen LogP contribution in [0.4, 0.5) is 8.78 Å². The minimum Gasteiger partial charge on any atom is -0.507 e. The Labute approximate surface area is 194 Å². The van der Waals surface area contributed by atoms with E-state index in [0.717, 1.165) is 24.5 Å². The van der Waals surface area contributed by atoms with Crippen molar-refractivity contribution in [3.63, 3.8) is 0 Å². The van der Waals surface area contributed by atoms with Gasteiger partial charge in [0.15, 0.2) is 0 Å². The molecule has 0 aliphatic carbocycles. The highest BCUT2D eigenvalue weighted by Gasteiger charge is 2.30. The SMILES string of the molecule is Cc1cc(-n2c(-c3ccc(C(=O)O)cc3)c(C3CCCOC3)c3c(O)cc(F)cc32)ccc1F. The van der Waals surface area contributed by atoms with E-state index in [-0.39, 0.29) is 23.0 Å². The second-order valence-corrected chi connectivity index (χ2v) is 8.65. The van der Waals surface area contributed by atoms with E-state index in [4.69, 9.17) is 4.74 Å². The Balaban J connectivity index is 1.90. The number of halogens is 2. The van der Waals surface area contributed by atoms with Crippen molar-refractivity contribution < 1.29 is 28.5 Å². The number of phenolic OH excluding ortho intramolecular Hbond substituents is 1. The van der Waals surface area contributed by atoms with Crippen molar-refractivity contribution in [2.24, 2.45) is 0 Å². The second kappa shape index (κ2) is 8.57. The van der Waals surface area contributed by atoms with E-state index in [9.17, 15) is 23.8 Å². The molecule has 1 aliphatic rings. The van der Waals surface area contributed by atoms with Crippen molar-refractivity contribution in [3.8, 4) is 22.7 Å². The largest absolute Gasteiger partial charge is 0.507 e. The van der Waals surface area contributed by atoms with Crippen LogP contribution in [0.15, 0.2) is 54.6 Å². The lowest BCUT2D eigenvalue weighted by Crippen LogP contribution is -2.16. The molecule has 0 spiro atoms. The van der Waals surface area contributed by atoms with Crippen LogP contribution in [0.1, 0.15) is 40.2 Å². The van der Waals surface area contributed by atoms with Crippen molar-refractivity contribution in [2.45, 2.75) is 25.7 Å². The number of carbonyl (C=O) groups is 1. The number of nitrogens with zero attached hydrogens (tertiary/aromatic N) is 1. The van der Waals surface area contributed by atoms with E-state index >= 15 is 0 Å². The Hall–Kier alpha value is -3.71. The van der Waals surface area contributed by atoms with Crippen LogP contribution in [0.5, 0.6) is 5.75 Å². The molecule has 3 aromatic carbocycles. The number of hydrogen-bond acceptors (Lipinski definition) is 3. The standard InChI is InChI=1S/C27H23F2NO4/c1-15-11-20(8-9-21(15)29)30-22-12-19(28)13-23(31)25(22)24(18-3-2-10-34-14-18)26(30)16-4-6-17(7-5-16)27(32)33/h4-9,11-13,18,31H,2-3,10,14H2,1H3,(H,32,33). The van der Waals surface area contributed by atoms with Crippen LogP contribution < -0.4 is 0 Å². The van der Waals surface area contributed by atoms with Gasteiger partial charge in [-0.2, -0.15) is 0 Å². The van der Waals surface area contributed by atoms with Gasteiger partial charge in [0.25, 0.3) is 0 Å². The zero-order valence-electron chi connectivity index (χ0n) is 18.5. The Bertz CT molecular complexity index is 1400. The second-order valence-electron chi connectivity index (χ2n) is 8.65. The molecule has 5 rings (SSSR count). The first-order valence-electron chi connectivity index (χ1n) is 11.1. The van der Waals surface area contributed by atoms with E-state index in [1.807, 2.05) is 4.57 Å². The number of carboxylic acids is 1. The normalized spacial score (nSPS) is 16.1. The molecule has 0 saturated carbocycles.